The zero-order valence-corrected chi connectivity index (χ0v) is 13.6. The van der Waals surface area contributed by atoms with E-state index >= 15 is 0 Å². The van der Waals surface area contributed by atoms with Crippen LogP contribution < -0.4 is 10.6 Å². The molecule has 2 N–H and O–H groups in total. The third kappa shape index (κ3) is 3.03. The van der Waals surface area contributed by atoms with E-state index in [1.165, 1.54) is 10.9 Å². The van der Waals surface area contributed by atoms with Crippen LogP contribution in [0.3, 0.4) is 0 Å². The topological polar surface area (TPSA) is 58.3 Å². The van der Waals surface area contributed by atoms with Crippen LogP contribution in [0.25, 0.3) is 10.9 Å². The molecule has 0 bridgehead atoms. The second-order valence-electron chi connectivity index (χ2n) is 6.20. The van der Waals surface area contributed by atoms with E-state index < -0.39 is 0 Å². The molecular weight excluding hydrogens is 298 g/mol. The van der Waals surface area contributed by atoms with Gasteiger partial charge in [0.2, 0.25) is 0 Å². The van der Waals surface area contributed by atoms with Gasteiger partial charge in [-0.2, -0.15) is 0 Å². The maximum atomic E-state index is 5.72. The lowest BCUT2D eigenvalue weighted by molar-refractivity contribution is 0.250. The first-order chi connectivity index (χ1) is 11.8. The van der Waals surface area contributed by atoms with Gasteiger partial charge >= 0.3 is 0 Å². The van der Waals surface area contributed by atoms with Crippen molar-refractivity contribution in [3.8, 4) is 0 Å². The average molecular weight is 319 g/mol. The zero-order valence-electron chi connectivity index (χ0n) is 13.6. The van der Waals surface area contributed by atoms with E-state index in [0.717, 1.165) is 44.1 Å². The van der Waals surface area contributed by atoms with Crippen molar-refractivity contribution in [3.05, 3.63) is 60.4 Å². The van der Waals surface area contributed by atoms with E-state index in [1.807, 2.05) is 24.4 Å². The first-order valence-corrected chi connectivity index (χ1v) is 8.31. The van der Waals surface area contributed by atoms with Gasteiger partial charge in [0.1, 0.15) is 5.82 Å². The van der Waals surface area contributed by atoms with Crippen LogP contribution in [-0.4, -0.2) is 41.0 Å². The van der Waals surface area contributed by atoms with Crippen molar-refractivity contribution in [2.45, 2.75) is 6.54 Å². The third-order valence-electron chi connectivity index (χ3n) is 4.60. The fourth-order valence-electron chi connectivity index (χ4n) is 3.27. The highest BCUT2D eigenvalue weighted by Gasteiger charge is 2.18. The molecule has 0 amide bonds. The fraction of sp³-hybridized carbons (Fsp3) is 0.263. The molecule has 1 aliphatic rings. The Morgan fingerprint density at radius 1 is 0.917 bits per heavy atom. The maximum absolute atomic E-state index is 5.72. The summed E-state index contributed by atoms with van der Waals surface area (Å²) in [4.78, 5) is 13.7. The van der Waals surface area contributed by atoms with Gasteiger partial charge in [0, 0.05) is 44.3 Å². The van der Waals surface area contributed by atoms with Crippen molar-refractivity contribution in [1.29, 1.82) is 0 Å². The zero-order chi connectivity index (χ0) is 16.4. The predicted molar refractivity (Wildman–Crippen MR) is 97.9 cm³/mol. The lowest BCUT2D eigenvalue weighted by Gasteiger charge is -2.35. The summed E-state index contributed by atoms with van der Waals surface area (Å²) in [6.07, 6.45) is 3.58. The van der Waals surface area contributed by atoms with Gasteiger partial charge in [0.25, 0.3) is 0 Å². The molecule has 4 rings (SSSR count). The number of anilines is 2. The van der Waals surface area contributed by atoms with Crippen molar-refractivity contribution in [2.24, 2.45) is 0 Å². The van der Waals surface area contributed by atoms with Crippen LogP contribution in [0.5, 0.6) is 0 Å². The number of hydrogen-bond acceptors (Lipinski definition) is 5. The van der Waals surface area contributed by atoms with Crippen molar-refractivity contribution in [2.75, 3.05) is 36.8 Å². The first-order valence-electron chi connectivity index (χ1n) is 8.31. The van der Waals surface area contributed by atoms with Crippen LogP contribution in [0.15, 0.2) is 54.9 Å². The summed E-state index contributed by atoms with van der Waals surface area (Å²) in [5.74, 6) is 1.01. The number of pyridine rings is 2. The van der Waals surface area contributed by atoms with Gasteiger partial charge in [-0.1, -0.05) is 18.2 Å². The number of nitrogens with two attached hydrogens (primary N) is 1. The number of benzene rings is 1. The minimum atomic E-state index is 0.710. The van der Waals surface area contributed by atoms with Crippen LogP contribution in [0.1, 0.15) is 5.56 Å². The van der Waals surface area contributed by atoms with Crippen molar-refractivity contribution >= 4 is 22.4 Å². The van der Waals surface area contributed by atoms with Crippen molar-refractivity contribution < 1.29 is 0 Å². The van der Waals surface area contributed by atoms with Crippen LogP contribution >= 0.6 is 0 Å². The van der Waals surface area contributed by atoms with Gasteiger partial charge in [-0.3, -0.25) is 9.88 Å². The molecule has 2 aromatic heterocycles. The molecule has 3 aromatic rings. The molecule has 122 valence electrons. The van der Waals surface area contributed by atoms with Gasteiger partial charge in [-0.05, 0) is 29.8 Å². The Bertz CT molecular complexity index is 817. The number of rotatable bonds is 3. The minimum Gasteiger partial charge on any atom is -0.397 e. The van der Waals surface area contributed by atoms with Crippen molar-refractivity contribution in [1.82, 2.24) is 14.9 Å². The molecule has 0 radical (unpaired) electrons. The average Bonchev–Trinajstić information content (AvgIpc) is 2.63. The molecule has 0 aliphatic carbocycles. The predicted octanol–water partition coefficient (Wildman–Crippen LogP) is 2.53. The number of nitrogen functional groups attached to an aromatic ring is 1. The molecule has 0 saturated carbocycles. The molecule has 0 atom stereocenters. The standard InChI is InChI=1S/C19H21N5/c20-16-6-7-19(22-13-16)24-11-9-23(10-12-24)14-15-3-1-5-18-17(15)4-2-8-21-18/h1-8,13H,9-12,14,20H2. The summed E-state index contributed by atoms with van der Waals surface area (Å²) >= 11 is 0. The third-order valence-corrected chi connectivity index (χ3v) is 4.60. The number of fused-ring (bicyclic) bond motifs is 1. The number of piperazine rings is 1. The van der Waals surface area contributed by atoms with E-state index in [-0.39, 0.29) is 0 Å². The largest absolute Gasteiger partial charge is 0.397 e. The lowest BCUT2D eigenvalue weighted by Crippen LogP contribution is -2.46. The Morgan fingerprint density at radius 2 is 1.79 bits per heavy atom. The monoisotopic (exact) mass is 319 g/mol. The molecule has 0 spiro atoms. The highest BCUT2D eigenvalue weighted by atomic mass is 15.3. The van der Waals surface area contributed by atoms with E-state index in [2.05, 4.69) is 44.0 Å². The Hall–Kier alpha value is -2.66. The molecule has 0 unspecified atom stereocenters. The summed E-state index contributed by atoms with van der Waals surface area (Å²) in [5.41, 5.74) is 8.84. The second-order valence-corrected chi connectivity index (χ2v) is 6.20. The SMILES string of the molecule is Nc1ccc(N2CCN(Cc3cccc4ncccc34)CC2)nc1. The lowest BCUT2D eigenvalue weighted by atomic mass is 10.1. The summed E-state index contributed by atoms with van der Waals surface area (Å²) in [5, 5.41) is 1.25. The molecule has 1 aliphatic heterocycles. The summed E-state index contributed by atoms with van der Waals surface area (Å²) in [6.45, 7) is 5.00. The molecule has 5 heteroatoms. The molecule has 3 heterocycles. The Kier molecular flexibility index (Phi) is 4.01. The summed E-state index contributed by atoms with van der Waals surface area (Å²) in [7, 11) is 0. The molecule has 1 saturated heterocycles. The van der Waals surface area contributed by atoms with Gasteiger partial charge in [-0.15, -0.1) is 0 Å². The smallest absolute Gasteiger partial charge is 0.128 e. The normalized spacial score (nSPS) is 15.8. The molecular formula is C19H21N5. The quantitative estimate of drug-likeness (QED) is 0.804. The van der Waals surface area contributed by atoms with Gasteiger partial charge < -0.3 is 10.6 Å². The molecule has 1 fully saturated rings. The Morgan fingerprint density at radius 3 is 2.58 bits per heavy atom. The van der Waals surface area contributed by atoms with Crippen LogP contribution in [0.4, 0.5) is 11.5 Å². The molecule has 1 aromatic carbocycles. The van der Waals surface area contributed by atoms with Crippen LogP contribution in [0, 0.1) is 0 Å². The number of hydrogen-bond donors (Lipinski definition) is 1. The number of nitrogens with zero attached hydrogens (tertiary/aromatic N) is 4. The van der Waals surface area contributed by atoms with E-state index in [4.69, 9.17) is 5.73 Å². The second kappa shape index (κ2) is 6.45. The van der Waals surface area contributed by atoms with E-state index in [9.17, 15) is 0 Å². The molecule has 5 nitrogen and oxygen atoms in total. The Labute approximate surface area is 141 Å². The fourth-order valence-corrected chi connectivity index (χ4v) is 3.27. The maximum Gasteiger partial charge on any atom is 0.128 e. The molecule has 24 heavy (non-hydrogen) atoms. The van der Waals surface area contributed by atoms with Gasteiger partial charge in [-0.25, -0.2) is 4.98 Å². The first kappa shape index (κ1) is 14.9. The Balaban J connectivity index is 1.43. The summed E-state index contributed by atoms with van der Waals surface area (Å²) in [6, 6.07) is 14.5. The highest BCUT2D eigenvalue weighted by Crippen LogP contribution is 2.20. The summed E-state index contributed by atoms with van der Waals surface area (Å²) < 4.78 is 0. The van der Waals surface area contributed by atoms with E-state index in [0.29, 0.717) is 5.69 Å². The highest BCUT2D eigenvalue weighted by molar-refractivity contribution is 5.81. The number of aromatic nitrogens is 2. The van der Waals surface area contributed by atoms with Gasteiger partial charge in [0.15, 0.2) is 0 Å². The van der Waals surface area contributed by atoms with Gasteiger partial charge in [0.05, 0.1) is 17.4 Å². The van der Waals surface area contributed by atoms with E-state index in [1.54, 1.807) is 6.20 Å². The van der Waals surface area contributed by atoms with Crippen LogP contribution in [-0.2, 0) is 6.54 Å². The van der Waals surface area contributed by atoms with Crippen LogP contribution in [0.2, 0.25) is 0 Å². The van der Waals surface area contributed by atoms with Crippen molar-refractivity contribution in [3.63, 3.8) is 0 Å². The minimum absolute atomic E-state index is 0.710.